The first-order valence-electron chi connectivity index (χ1n) is 6.57. The standard InChI is InChI=1S/C16H18N2/c17-12-16(9-5-10-16)15-14(8-4-11-18-15)13-6-2-1-3-7-13/h1-4,6-8,11H,5,9-10,12,17H2. The van der Waals surface area contributed by atoms with Crippen molar-refractivity contribution in [2.45, 2.75) is 24.7 Å². The van der Waals surface area contributed by atoms with Gasteiger partial charge in [-0.15, -0.1) is 0 Å². The third-order valence-electron chi connectivity index (χ3n) is 4.10. The van der Waals surface area contributed by atoms with Gasteiger partial charge in [0, 0.05) is 23.7 Å². The Kier molecular flexibility index (Phi) is 2.88. The zero-order chi connectivity index (χ0) is 12.4. The van der Waals surface area contributed by atoms with Gasteiger partial charge in [0.2, 0.25) is 0 Å². The minimum absolute atomic E-state index is 0.117. The summed E-state index contributed by atoms with van der Waals surface area (Å²) in [6.45, 7) is 0.698. The summed E-state index contributed by atoms with van der Waals surface area (Å²) in [5.41, 5.74) is 9.79. The van der Waals surface area contributed by atoms with E-state index >= 15 is 0 Å². The summed E-state index contributed by atoms with van der Waals surface area (Å²) in [6, 6.07) is 14.6. The molecule has 2 N–H and O–H groups in total. The molecular formula is C16H18N2. The van der Waals surface area contributed by atoms with Crippen LogP contribution < -0.4 is 5.73 Å². The Morgan fingerprint density at radius 1 is 1.06 bits per heavy atom. The summed E-state index contributed by atoms with van der Waals surface area (Å²) in [5.74, 6) is 0. The van der Waals surface area contributed by atoms with Crippen LogP contribution in [0.2, 0.25) is 0 Å². The highest BCUT2D eigenvalue weighted by molar-refractivity contribution is 5.67. The molecule has 0 spiro atoms. The van der Waals surface area contributed by atoms with Crippen molar-refractivity contribution in [2.75, 3.05) is 6.54 Å². The maximum absolute atomic E-state index is 6.01. The molecule has 1 saturated carbocycles. The predicted molar refractivity (Wildman–Crippen MR) is 74.3 cm³/mol. The molecule has 92 valence electrons. The maximum Gasteiger partial charge on any atom is 0.0556 e. The number of pyridine rings is 1. The number of hydrogen-bond acceptors (Lipinski definition) is 2. The molecule has 1 heterocycles. The lowest BCUT2D eigenvalue weighted by atomic mass is 9.65. The molecule has 3 rings (SSSR count). The Labute approximate surface area is 108 Å². The second-order valence-electron chi connectivity index (χ2n) is 5.10. The van der Waals surface area contributed by atoms with Gasteiger partial charge in [0.15, 0.2) is 0 Å². The van der Waals surface area contributed by atoms with Gasteiger partial charge < -0.3 is 5.73 Å². The van der Waals surface area contributed by atoms with Crippen molar-refractivity contribution >= 4 is 0 Å². The highest BCUT2D eigenvalue weighted by atomic mass is 14.8. The van der Waals surface area contributed by atoms with Crippen LogP contribution in [0.25, 0.3) is 11.1 Å². The van der Waals surface area contributed by atoms with Crippen molar-refractivity contribution < 1.29 is 0 Å². The van der Waals surface area contributed by atoms with Crippen molar-refractivity contribution in [2.24, 2.45) is 5.73 Å². The topological polar surface area (TPSA) is 38.9 Å². The summed E-state index contributed by atoms with van der Waals surface area (Å²) in [5, 5.41) is 0. The molecule has 1 aliphatic rings. The summed E-state index contributed by atoms with van der Waals surface area (Å²) >= 11 is 0. The molecule has 18 heavy (non-hydrogen) atoms. The zero-order valence-electron chi connectivity index (χ0n) is 10.5. The van der Waals surface area contributed by atoms with E-state index < -0.39 is 0 Å². The van der Waals surface area contributed by atoms with Crippen LogP contribution in [-0.4, -0.2) is 11.5 Å². The molecule has 2 nitrogen and oxygen atoms in total. The third kappa shape index (κ3) is 1.73. The molecule has 0 amide bonds. The number of rotatable bonds is 3. The van der Waals surface area contributed by atoms with Crippen LogP contribution in [0.1, 0.15) is 25.0 Å². The highest BCUT2D eigenvalue weighted by Crippen LogP contribution is 2.45. The van der Waals surface area contributed by atoms with Gasteiger partial charge in [0.25, 0.3) is 0 Å². The van der Waals surface area contributed by atoms with Crippen LogP contribution in [0, 0.1) is 0 Å². The molecule has 1 aromatic heterocycles. The second-order valence-corrected chi connectivity index (χ2v) is 5.10. The number of nitrogens with two attached hydrogens (primary N) is 1. The monoisotopic (exact) mass is 238 g/mol. The minimum Gasteiger partial charge on any atom is -0.330 e. The predicted octanol–water partition coefficient (Wildman–Crippen LogP) is 3.13. The average Bonchev–Trinajstić information content (AvgIpc) is 2.40. The van der Waals surface area contributed by atoms with E-state index in [0.29, 0.717) is 6.54 Å². The summed E-state index contributed by atoms with van der Waals surface area (Å²) in [7, 11) is 0. The molecule has 1 fully saturated rings. The van der Waals surface area contributed by atoms with E-state index in [2.05, 4.69) is 35.3 Å². The quantitative estimate of drug-likeness (QED) is 0.892. The largest absolute Gasteiger partial charge is 0.330 e. The second kappa shape index (κ2) is 4.54. The fourth-order valence-corrected chi connectivity index (χ4v) is 2.82. The smallest absolute Gasteiger partial charge is 0.0556 e. The van der Waals surface area contributed by atoms with Gasteiger partial charge >= 0.3 is 0 Å². The molecule has 0 aliphatic heterocycles. The zero-order valence-corrected chi connectivity index (χ0v) is 10.5. The van der Waals surface area contributed by atoms with Crippen molar-refractivity contribution in [3.8, 4) is 11.1 Å². The summed E-state index contributed by atoms with van der Waals surface area (Å²) in [6.07, 6.45) is 5.49. The number of benzene rings is 1. The van der Waals surface area contributed by atoms with E-state index in [1.807, 2.05) is 18.3 Å². The Hall–Kier alpha value is -1.67. The lowest BCUT2D eigenvalue weighted by Crippen LogP contribution is -2.42. The van der Waals surface area contributed by atoms with Gasteiger partial charge in [-0.05, 0) is 24.5 Å². The molecule has 0 atom stereocenters. The lowest BCUT2D eigenvalue weighted by Gasteiger charge is -2.41. The fraction of sp³-hybridized carbons (Fsp3) is 0.312. The van der Waals surface area contributed by atoms with Crippen molar-refractivity contribution in [1.29, 1.82) is 0 Å². The van der Waals surface area contributed by atoms with Crippen LogP contribution >= 0.6 is 0 Å². The molecule has 2 aromatic rings. The molecule has 2 heteroatoms. The Morgan fingerprint density at radius 2 is 1.83 bits per heavy atom. The molecule has 1 aromatic carbocycles. The van der Waals surface area contributed by atoms with Crippen LogP contribution in [0.5, 0.6) is 0 Å². The van der Waals surface area contributed by atoms with Crippen molar-refractivity contribution in [3.63, 3.8) is 0 Å². The Morgan fingerprint density at radius 3 is 2.44 bits per heavy atom. The Bertz CT molecular complexity index is 524. The van der Waals surface area contributed by atoms with Gasteiger partial charge in [0.05, 0.1) is 5.69 Å². The lowest BCUT2D eigenvalue weighted by molar-refractivity contribution is 0.247. The normalized spacial score (nSPS) is 17.2. The van der Waals surface area contributed by atoms with Crippen LogP contribution in [-0.2, 0) is 5.41 Å². The van der Waals surface area contributed by atoms with E-state index in [4.69, 9.17) is 5.73 Å². The summed E-state index contributed by atoms with van der Waals surface area (Å²) in [4.78, 5) is 4.64. The first-order valence-corrected chi connectivity index (χ1v) is 6.57. The third-order valence-corrected chi connectivity index (χ3v) is 4.10. The molecule has 0 radical (unpaired) electrons. The van der Waals surface area contributed by atoms with E-state index in [9.17, 15) is 0 Å². The summed E-state index contributed by atoms with van der Waals surface area (Å²) < 4.78 is 0. The van der Waals surface area contributed by atoms with E-state index in [1.165, 1.54) is 36.1 Å². The molecule has 1 aliphatic carbocycles. The van der Waals surface area contributed by atoms with Crippen LogP contribution in [0.3, 0.4) is 0 Å². The van der Waals surface area contributed by atoms with E-state index in [-0.39, 0.29) is 5.41 Å². The SMILES string of the molecule is NCC1(c2ncccc2-c2ccccc2)CCC1. The molecule has 0 bridgehead atoms. The van der Waals surface area contributed by atoms with Crippen molar-refractivity contribution in [1.82, 2.24) is 4.98 Å². The average molecular weight is 238 g/mol. The van der Waals surface area contributed by atoms with Gasteiger partial charge in [-0.1, -0.05) is 42.8 Å². The van der Waals surface area contributed by atoms with Gasteiger partial charge in [-0.2, -0.15) is 0 Å². The maximum atomic E-state index is 6.01. The molecular weight excluding hydrogens is 220 g/mol. The Balaban J connectivity index is 2.11. The fourth-order valence-electron chi connectivity index (χ4n) is 2.82. The van der Waals surface area contributed by atoms with Crippen molar-refractivity contribution in [3.05, 3.63) is 54.4 Å². The van der Waals surface area contributed by atoms with Gasteiger partial charge in [-0.25, -0.2) is 0 Å². The highest BCUT2D eigenvalue weighted by Gasteiger charge is 2.40. The van der Waals surface area contributed by atoms with Gasteiger partial charge in [0.1, 0.15) is 0 Å². The number of nitrogens with zero attached hydrogens (tertiary/aromatic N) is 1. The van der Waals surface area contributed by atoms with E-state index in [1.54, 1.807) is 0 Å². The van der Waals surface area contributed by atoms with Crippen LogP contribution in [0.15, 0.2) is 48.7 Å². The van der Waals surface area contributed by atoms with E-state index in [0.717, 1.165) is 0 Å². The number of aromatic nitrogens is 1. The number of hydrogen-bond donors (Lipinski definition) is 1. The molecule has 0 saturated heterocycles. The first kappa shape index (κ1) is 11.4. The first-order chi connectivity index (χ1) is 8.86. The van der Waals surface area contributed by atoms with Crippen LogP contribution in [0.4, 0.5) is 0 Å². The minimum atomic E-state index is 0.117. The molecule has 0 unspecified atom stereocenters. The van der Waals surface area contributed by atoms with Gasteiger partial charge in [-0.3, -0.25) is 4.98 Å².